The smallest absolute Gasteiger partial charge is 0.251 e. The lowest BCUT2D eigenvalue weighted by atomic mass is 10.1. The number of methoxy groups -OCH3 is 1. The van der Waals surface area contributed by atoms with E-state index in [0.717, 1.165) is 25.0 Å². The van der Waals surface area contributed by atoms with Crippen LogP contribution in [0.15, 0.2) is 60.9 Å². The predicted octanol–water partition coefficient (Wildman–Crippen LogP) is 3.85. The first kappa shape index (κ1) is 19.8. The number of carbonyl (C=O) groups excluding carboxylic acids is 1. The number of carbonyl (C=O) groups is 1. The van der Waals surface area contributed by atoms with Crippen LogP contribution in [0.5, 0.6) is 17.4 Å². The number of nitrogens with one attached hydrogen (secondary N) is 1. The Bertz CT molecular complexity index is 1020. The van der Waals surface area contributed by atoms with Gasteiger partial charge in [0.25, 0.3) is 5.91 Å². The highest BCUT2D eigenvalue weighted by molar-refractivity contribution is 5.95. The summed E-state index contributed by atoms with van der Waals surface area (Å²) in [5.41, 5.74) is 2.02. The van der Waals surface area contributed by atoms with Crippen molar-refractivity contribution in [3.8, 4) is 28.6 Å². The molecule has 2 aromatic carbocycles. The minimum absolute atomic E-state index is 0.105. The minimum Gasteiger partial charge on any atom is -0.493 e. The zero-order valence-corrected chi connectivity index (χ0v) is 16.7. The molecule has 0 saturated carbocycles. The number of nitrogens with zero attached hydrogens (tertiary/aromatic N) is 2. The maximum absolute atomic E-state index is 12.5. The van der Waals surface area contributed by atoms with Gasteiger partial charge in [-0.1, -0.05) is 24.3 Å². The van der Waals surface area contributed by atoms with Crippen molar-refractivity contribution in [2.75, 3.05) is 20.3 Å². The van der Waals surface area contributed by atoms with Crippen molar-refractivity contribution in [3.63, 3.8) is 0 Å². The fourth-order valence-corrected chi connectivity index (χ4v) is 3.30. The molecular weight excluding hydrogens is 382 g/mol. The van der Waals surface area contributed by atoms with Crippen LogP contribution in [-0.4, -0.2) is 42.2 Å². The fraction of sp³-hybridized carbons (Fsp3) is 0.261. The second-order valence-corrected chi connectivity index (χ2v) is 6.92. The third-order valence-corrected chi connectivity index (χ3v) is 4.86. The minimum atomic E-state index is -0.132. The van der Waals surface area contributed by atoms with E-state index in [2.05, 4.69) is 15.3 Å². The molecule has 0 radical (unpaired) electrons. The summed E-state index contributed by atoms with van der Waals surface area (Å²) in [6, 6.07) is 16.4. The number of rotatable bonds is 7. The van der Waals surface area contributed by atoms with Gasteiger partial charge in [-0.2, -0.15) is 0 Å². The zero-order valence-electron chi connectivity index (χ0n) is 16.7. The molecule has 1 fully saturated rings. The first-order valence-electron chi connectivity index (χ1n) is 9.86. The molecule has 0 bridgehead atoms. The van der Waals surface area contributed by atoms with Crippen molar-refractivity contribution < 1.29 is 19.0 Å². The highest BCUT2D eigenvalue weighted by atomic mass is 16.5. The van der Waals surface area contributed by atoms with Crippen LogP contribution in [0.25, 0.3) is 11.3 Å². The zero-order chi connectivity index (χ0) is 20.8. The molecule has 1 saturated heterocycles. The molecule has 30 heavy (non-hydrogen) atoms. The highest BCUT2D eigenvalue weighted by Gasteiger charge is 2.17. The molecule has 0 aliphatic carbocycles. The summed E-state index contributed by atoms with van der Waals surface area (Å²) in [6.45, 7) is 1.29. The van der Waals surface area contributed by atoms with Crippen molar-refractivity contribution in [1.29, 1.82) is 0 Å². The van der Waals surface area contributed by atoms with E-state index in [4.69, 9.17) is 14.2 Å². The summed E-state index contributed by atoms with van der Waals surface area (Å²) in [5, 5.41) is 2.94. The van der Waals surface area contributed by atoms with Crippen molar-refractivity contribution in [3.05, 3.63) is 66.5 Å². The second kappa shape index (κ2) is 9.37. The van der Waals surface area contributed by atoms with Gasteiger partial charge >= 0.3 is 0 Å². The van der Waals surface area contributed by atoms with Gasteiger partial charge < -0.3 is 19.5 Å². The van der Waals surface area contributed by atoms with Crippen LogP contribution in [0.2, 0.25) is 0 Å². The van der Waals surface area contributed by atoms with E-state index in [1.807, 2.05) is 30.3 Å². The molecule has 7 heteroatoms. The van der Waals surface area contributed by atoms with E-state index >= 15 is 0 Å². The summed E-state index contributed by atoms with van der Waals surface area (Å²) < 4.78 is 16.7. The molecule has 1 unspecified atom stereocenters. The van der Waals surface area contributed by atoms with E-state index in [-0.39, 0.29) is 12.0 Å². The van der Waals surface area contributed by atoms with Gasteiger partial charge in [0, 0.05) is 30.3 Å². The number of amides is 1. The van der Waals surface area contributed by atoms with E-state index in [1.54, 1.807) is 31.4 Å². The third kappa shape index (κ3) is 4.75. The lowest BCUT2D eigenvalue weighted by Crippen LogP contribution is -2.31. The molecule has 2 heterocycles. The van der Waals surface area contributed by atoms with Gasteiger partial charge in [0.05, 0.1) is 18.9 Å². The number of hydrogen-bond acceptors (Lipinski definition) is 6. The van der Waals surface area contributed by atoms with Gasteiger partial charge in [-0.15, -0.1) is 0 Å². The molecule has 154 valence electrons. The van der Waals surface area contributed by atoms with Crippen LogP contribution in [0.4, 0.5) is 0 Å². The van der Waals surface area contributed by atoms with Crippen LogP contribution in [0.1, 0.15) is 23.2 Å². The molecule has 7 nitrogen and oxygen atoms in total. The van der Waals surface area contributed by atoms with Crippen molar-refractivity contribution in [2.45, 2.75) is 18.9 Å². The summed E-state index contributed by atoms with van der Waals surface area (Å²) in [5.74, 6) is 1.43. The Morgan fingerprint density at radius 3 is 2.80 bits per heavy atom. The standard InChI is InChI=1S/C23H23N3O4/c1-28-20-9-2-3-10-21(20)30-22-13-19(25-15-26-22)16-6-4-7-17(12-16)23(27)24-14-18-8-5-11-29-18/h2-4,6-7,9-10,12-13,15,18H,5,8,11,14H2,1H3,(H,24,27). The predicted molar refractivity (Wildman–Crippen MR) is 112 cm³/mol. The molecular formula is C23H23N3O4. The number of para-hydroxylation sites is 2. The van der Waals surface area contributed by atoms with Crippen LogP contribution < -0.4 is 14.8 Å². The van der Waals surface area contributed by atoms with Gasteiger partial charge in [-0.05, 0) is 37.1 Å². The van der Waals surface area contributed by atoms with E-state index in [9.17, 15) is 4.79 Å². The maximum atomic E-state index is 12.5. The van der Waals surface area contributed by atoms with Gasteiger partial charge in [-0.3, -0.25) is 4.79 Å². The van der Waals surface area contributed by atoms with E-state index < -0.39 is 0 Å². The topological polar surface area (TPSA) is 82.6 Å². The number of benzene rings is 2. The SMILES string of the molecule is COc1ccccc1Oc1cc(-c2cccc(C(=O)NCC3CCCO3)c2)ncn1. The Morgan fingerprint density at radius 1 is 1.13 bits per heavy atom. The van der Waals surface area contributed by atoms with Gasteiger partial charge in [0.1, 0.15) is 6.33 Å². The number of aromatic nitrogens is 2. The molecule has 0 spiro atoms. The van der Waals surface area contributed by atoms with Crippen molar-refractivity contribution >= 4 is 5.91 Å². The molecule has 1 atom stereocenters. The van der Waals surface area contributed by atoms with Crippen LogP contribution in [0, 0.1) is 0 Å². The Balaban J connectivity index is 1.49. The average Bonchev–Trinajstić information content (AvgIpc) is 3.32. The Hall–Kier alpha value is -3.45. The van der Waals surface area contributed by atoms with Crippen LogP contribution in [0.3, 0.4) is 0 Å². The van der Waals surface area contributed by atoms with Gasteiger partial charge in [0.2, 0.25) is 5.88 Å². The molecule has 1 aliphatic heterocycles. The van der Waals surface area contributed by atoms with Crippen LogP contribution >= 0.6 is 0 Å². The van der Waals surface area contributed by atoms with E-state index in [0.29, 0.717) is 35.2 Å². The second-order valence-electron chi connectivity index (χ2n) is 6.92. The highest BCUT2D eigenvalue weighted by Crippen LogP contribution is 2.31. The largest absolute Gasteiger partial charge is 0.493 e. The summed E-state index contributed by atoms with van der Waals surface area (Å²) in [7, 11) is 1.59. The van der Waals surface area contributed by atoms with Crippen LogP contribution in [-0.2, 0) is 4.74 Å². The molecule has 4 rings (SSSR count). The molecule has 1 N–H and O–H groups in total. The fourth-order valence-electron chi connectivity index (χ4n) is 3.30. The molecule has 1 amide bonds. The summed E-state index contributed by atoms with van der Waals surface area (Å²) >= 11 is 0. The molecule has 3 aromatic rings. The first-order chi connectivity index (χ1) is 14.7. The lowest BCUT2D eigenvalue weighted by Gasteiger charge is -2.12. The maximum Gasteiger partial charge on any atom is 0.251 e. The Morgan fingerprint density at radius 2 is 2.00 bits per heavy atom. The first-order valence-corrected chi connectivity index (χ1v) is 9.86. The molecule has 1 aliphatic rings. The third-order valence-electron chi connectivity index (χ3n) is 4.86. The van der Waals surface area contributed by atoms with Crippen molar-refractivity contribution in [2.24, 2.45) is 0 Å². The van der Waals surface area contributed by atoms with Gasteiger partial charge in [-0.25, -0.2) is 9.97 Å². The number of ether oxygens (including phenoxy) is 3. The van der Waals surface area contributed by atoms with Gasteiger partial charge in [0.15, 0.2) is 11.5 Å². The summed E-state index contributed by atoms with van der Waals surface area (Å²) in [4.78, 5) is 21.0. The van der Waals surface area contributed by atoms with E-state index in [1.165, 1.54) is 6.33 Å². The number of hydrogen-bond donors (Lipinski definition) is 1. The Labute approximate surface area is 175 Å². The molecule has 1 aromatic heterocycles. The quantitative estimate of drug-likeness (QED) is 0.643. The summed E-state index contributed by atoms with van der Waals surface area (Å²) in [6.07, 6.45) is 3.57. The Kier molecular flexibility index (Phi) is 6.20. The monoisotopic (exact) mass is 405 g/mol. The lowest BCUT2D eigenvalue weighted by molar-refractivity contribution is 0.0858. The van der Waals surface area contributed by atoms with Crippen molar-refractivity contribution in [1.82, 2.24) is 15.3 Å². The normalized spacial score (nSPS) is 15.6. The average molecular weight is 405 g/mol.